The fraction of sp³-hybridized carbons (Fsp3) is 0.370. The highest BCUT2D eigenvalue weighted by Gasteiger charge is 2.34. The molecule has 9 nitrogen and oxygen atoms in total. The number of aromatic nitrogens is 2. The zero-order valence-electron chi connectivity index (χ0n) is 20.7. The van der Waals surface area contributed by atoms with Gasteiger partial charge in [0.05, 0.1) is 47.5 Å². The minimum absolute atomic E-state index is 0.0582. The van der Waals surface area contributed by atoms with E-state index in [-0.39, 0.29) is 10.7 Å². The van der Waals surface area contributed by atoms with E-state index >= 15 is 0 Å². The van der Waals surface area contributed by atoms with E-state index in [4.69, 9.17) is 27.2 Å². The predicted octanol–water partition coefficient (Wildman–Crippen LogP) is 3.79. The Hall–Kier alpha value is -3.42. The molecule has 0 bridgehead atoms. The number of carbonyl (C=O) groups is 1. The number of quaternary nitrogens is 1. The fourth-order valence-corrected chi connectivity index (χ4v) is 5.60. The summed E-state index contributed by atoms with van der Waals surface area (Å²) in [6, 6.07) is 15.0. The molecular formula is C27H29ClN6O3. The number of nitrogens with zero attached hydrogens (tertiary/aromatic N) is 5. The van der Waals surface area contributed by atoms with Crippen molar-refractivity contribution in [3.8, 4) is 23.0 Å². The van der Waals surface area contributed by atoms with E-state index in [1.165, 1.54) is 0 Å². The third-order valence-corrected chi connectivity index (χ3v) is 7.78. The predicted molar refractivity (Wildman–Crippen MR) is 141 cm³/mol. The van der Waals surface area contributed by atoms with E-state index in [9.17, 15) is 15.3 Å². The average Bonchev–Trinajstić information content (AvgIpc) is 3.26. The Kier molecular flexibility index (Phi) is 6.92. The highest BCUT2D eigenvalue weighted by atomic mass is 35.5. The lowest BCUT2D eigenvalue weighted by Gasteiger charge is -2.53. The maximum atomic E-state index is 13.2. The second kappa shape index (κ2) is 10.1. The van der Waals surface area contributed by atoms with Crippen LogP contribution < -0.4 is 10.6 Å². The molecule has 3 heterocycles. The molecule has 0 aliphatic carbocycles. The van der Waals surface area contributed by atoms with E-state index in [2.05, 4.69) is 11.0 Å². The Bertz CT molecular complexity index is 1350. The summed E-state index contributed by atoms with van der Waals surface area (Å²) in [5, 5.41) is 28.5. The number of halogens is 1. The fourth-order valence-electron chi connectivity index (χ4n) is 5.48. The number of primary amides is 1. The number of amides is 1. The summed E-state index contributed by atoms with van der Waals surface area (Å²) in [4.78, 5) is 14.6. The molecule has 1 aromatic heterocycles. The summed E-state index contributed by atoms with van der Waals surface area (Å²) >= 11 is 6.03. The molecular weight excluding hydrogens is 492 g/mol. The maximum absolute atomic E-state index is 13.2. The smallest absolute Gasteiger partial charge is 0.252 e. The van der Waals surface area contributed by atoms with Gasteiger partial charge in [0.15, 0.2) is 0 Å². The third kappa shape index (κ3) is 4.81. The molecule has 0 atom stereocenters. The van der Waals surface area contributed by atoms with Crippen molar-refractivity contribution in [2.45, 2.75) is 25.8 Å². The van der Waals surface area contributed by atoms with Crippen molar-refractivity contribution in [1.29, 1.82) is 5.26 Å². The van der Waals surface area contributed by atoms with Gasteiger partial charge in [-0.3, -0.25) is 4.79 Å². The third-order valence-electron chi connectivity index (χ3n) is 7.52. The number of benzene rings is 2. The number of nitriles is 1. The number of carbonyl (C=O) groups excluding carboxylic acids is 1. The van der Waals surface area contributed by atoms with Crippen LogP contribution in [-0.2, 0) is 4.74 Å². The minimum Gasteiger partial charge on any atom is -0.632 e. The molecule has 0 radical (unpaired) electrons. The van der Waals surface area contributed by atoms with E-state index in [1.807, 2.05) is 24.3 Å². The molecule has 2 N–H and O–H groups in total. The Morgan fingerprint density at radius 2 is 1.86 bits per heavy atom. The summed E-state index contributed by atoms with van der Waals surface area (Å²) in [5.41, 5.74) is 9.77. The lowest BCUT2D eigenvalue weighted by atomic mass is 9.98. The van der Waals surface area contributed by atoms with Crippen LogP contribution in [-0.4, -0.2) is 65.8 Å². The van der Waals surface area contributed by atoms with E-state index in [0.717, 1.165) is 24.2 Å². The van der Waals surface area contributed by atoms with Crippen LogP contribution in [0, 0.1) is 23.5 Å². The Morgan fingerprint density at radius 3 is 2.49 bits per heavy atom. The normalized spacial score (nSPS) is 17.9. The molecule has 0 spiro atoms. The molecule has 2 saturated heterocycles. The van der Waals surface area contributed by atoms with E-state index in [1.54, 1.807) is 29.8 Å². The van der Waals surface area contributed by atoms with E-state index in [0.29, 0.717) is 72.5 Å². The monoisotopic (exact) mass is 520 g/mol. The molecule has 2 aliphatic rings. The number of rotatable bonds is 5. The highest BCUT2D eigenvalue weighted by Crippen LogP contribution is 2.33. The molecule has 10 heteroatoms. The zero-order chi connectivity index (χ0) is 26.2. The van der Waals surface area contributed by atoms with Gasteiger partial charge in [-0.25, -0.2) is 4.68 Å². The van der Waals surface area contributed by atoms with Crippen LogP contribution in [0.2, 0.25) is 5.02 Å². The first-order chi connectivity index (χ1) is 17.8. The van der Waals surface area contributed by atoms with Gasteiger partial charge in [-0.15, -0.1) is 0 Å². The van der Waals surface area contributed by atoms with Crippen LogP contribution in [0.4, 0.5) is 5.69 Å². The Balaban J connectivity index is 1.43. The van der Waals surface area contributed by atoms with Crippen molar-refractivity contribution in [3.63, 3.8) is 0 Å². The molecule has 0 unspecified atom stereocenters. The zero-order valence-corrected chi connectivity index (χ0v) is 21.4. The first-order valence-electron chi connectivity index (χ1n) is 12.4. The number of hydrogen-bond acceptors (Lipinski definition) is 6. The molecule has 1 amide bonds. The molecule has 5 rings (SSSR count). The second-order valence-electron chi connectivity index (χ2n) is 9.64. The largest absolute Gasteiger partial charge is 0.632 e. The summed E-state index contributed by atoms with van der Waals surface area (Å²) in [5.74, 6) is -0.588. The lowest BCUT2D eigenvalue weighted by molar-refractivity contribution is -0.913. The average molecular weight is 521 g/mol. The molecule has 2 aromatic carbocycles. The number of ether oxygens (including phenoxy) is 1. The topological polar surface area (TPSA) is 120 Å². The van der Waals surface area contributed by atoms with Gasteiger partial charge in [-0.2, -0.15) is 10.4 Å². The summed E-state index contributed by atoms with van der Waals surface area (Å²) in [6.07, 6.45) is 1.54. The molecule has 192 valence electrons. The SMILES string of the molecule is Cc1c(C(N)=O)c(-c2ccc(N3CCC([N+]4([O-])CCOCC4)CC3)c(C#N)c2)nn1-c1ccc(Cl)cc1. The molecule has 2 aliphatic heterocycles. The van der Waals surface area contributed by atoms with Crippen molar-refractivity contribution >= 4 is 23.2 Å². The molecule has 37 heavy (non-hydrogen) atoms. The van der Waals surface area contributed by atoms with Gasteiger partial charge in [-0.1, -0.05) is 17.7 Å². The molecule has 2 fully saturated rings. The number of anilines is 1. The number of nitrogens with two attached hydrogens (primary N) is 1. The summed E-state index contributed by atoms with van der Waals surface area (Å²) in [7, 11) is 0. The number of hydroxylamine groups is 3. The first kappa shape index (κ1) is 25.2. The minimum atomic E-state index is -0.588. The van der Waals surface area contributed by atoms with Crippen LogP contribution in [0.25, 0.3) is 16.9 Å². The lowest BCUT2D eigenvalue weighted by Crippen LogP contribution is -2.59. The van der Waals surface area contributed by atoms with Crippen LogP contribution in [0.5, 0.6) is 0 Å². The number of morpholine rings is 1. The quantitative estimate of drug-likeness (QED) is 0.403. The van der Waals surface area contributed by atoms with Gasteiger partial charge in [0, 0.05) is 36.5 Å². The van der Waals surface area contributed by atoms with Crippen molar-refractivity contribution in [2.75, 3.05) is 44.3 Å². The van der Waals surface area contributed by atoms with Crippen LogP contribution in [0.3, 0.4) is 0 Å². The van der Waals surface area contributed by atoms with Crippen LogP contribution >= 0.6 is 11.6 Å². The number of piperidine rings is 1. The van der Waals surface area contributed by atoms with Crippen LogP contribution in [0.15, 0.2) is 42.5 Å². The van der Waals surface area contributed by atoms with Crippen molar-refractivity contribution in [1.82, 2.24) is 9.78 Å². The summed E-state index contributed by atoms with van der Waals surface area (Å²) < 4.78 is 6.86. The van der Waals surface area contributed by atoms with Gasteiger partial charge >= 0.3 is 0 Å². The van der Waals surface area contributed by atoms with Gasteiger partial charge in [-0.05, 0) is 43.3 Å². The van der Waals surface area contributed by atoms with Crippen molar-refractivity contribution < 1.29 is 14.2 Å². The summed E-state index contributed by atoms with van der Waals surface area (Å²) in [6.45, 7) is 5.25. The van der Waals surface area contributed by atoms with Crippen LogP contribution in [0.1, 0.15) is 34.5 Å². The second-order valence-corrected chi connectivity index (χ2v) is 10.1. The maximum Gasteiger partial charge on any atom is 0.252 e. The molecule has 0 saturated carbocycles. The Labute approximate surface area is 220 Å². The van der Waals surface area contributed by atoms with Crippen molar-refractivity contribution in [2.24, 2.45) is 5.73 Å². The number of hydrogen-bond donors (Lipinski definition) is 1. The first-order valence-corrected chi connectivity index (χ1v) is 12.8. The molecule has 3 aromatic rings. The Morgan fingerprint density at radius 1 is 1.19 bits per heavy atom. The van der Waals surface area contributed by atoms with Crippen molar-refractivity contribution in [3.05, 3.63) is 69.5 Å². The van der Waals surface area contributed by atoms with Gasteiger partial charge < -0.3 is 25.2 Å². The van der Waals surface area contributed by atoms with Gasteiger partial charge in [0.1, 0.15) is 24.9 Å². The van der Waals surface area contributed by atoms with E-state index < -0.39 is 5.91 Å². The highest BCUT2D eigenvalue weighted by molar-refractivity contribution is 6.30. The van der Waals surface area contributed by atoms with Gasteiger partial charge in [0.25, 0.3) is 5.91 Å². The van der Waals surface area contributed by atoms with Gasteiger partial charge in [0.2, 0.25) is 0 Å². The standard InChI is InChI=1S/C27H29ClN6O3/c1-18-25(27(30)35)26(31-33(18)22-5-3-21(28)4-6-22)19-2-7-24(20(16-19)17-29)32-10-8-23(9-11-32)34(36)12-14-37-15-13-34/h2-7,16,23H,8-15H2,1H3,(H2,30,35).